The van der Waals surface area contributed by atoms with Crippen molar-refractivity contribution in [1.29, 1.82) is 0 Å². The number of ether oxygens (including phenoxy) is 2. The molecule has 0 heterocycles. The number of nitrogens with one attached hydrogen (secondary N) is 3. The Morgan fingerprint density at radius 1 is 1.14 bits per heavy atom. The Bertz CT molecular complexity index is 296. The van der Waals surface area contributed by atoms with Crippen LogP contribution in [0.25, 0.3) is 0 Å². The number of nitrogens with zero attached hydrogens (tertiary/aromatic N) is 1. The van der Waals surface area contributed by atoms with Crippen LogP contribution in [0.15, 0.2) is 4.99 Å². The number of rotatable bonds is 11. The van der Waals surface area contributed by atoms with Gasteiger partial charge in [0.05, 0.1) is 13.2 Å². The molecule has 124 valence electrons. The van der Waals surface area contributed by atoms with E-state index in [4.69, 9.17) is 9.47 Å². The van der Waals surface area contributed by atoms with Crippen molar-refractivity contribution >= 4 is 11.9 Å². The zero-order chi connectivity index (χ0) is 15.9. The second kappa shape index (κ2) is 13.6. The van der Waals surface area contributed by atoms with E-state index in [0.29, 0.717) is 25.0 Å². The van der Waals surface area contributed by atoms with Crippen molar-refractivity contribution in [3.63, 3.8) is 0 Å². The first-order valence-corrected chi connectivity index (χ1v) is 7.38. The van der Waals surface area contributed by atoms with Crippen LogP contribution in [0.2, 0.25) is 0 Å². The van der Waals surface area contributed by atoms with Gasteiger partial charge in [-0.1, -0.05) is 13.8 Å². The standard InChI is InChI=1S/C14H30N4O3/c1-12(2)11-21-8-5-6-17-14(15-3)18-10-13(19)16-7-9-20-4/h12H,5-11H2,1-4H3,(H,16,19)(H2,15,17,18). The van der Waals surface area contributed by atoms with E-state index in [0.717, 1.165) is 26.2 Å². The van der Waals surface area contributed by atoms with Crippen LogP contribution in [0.1, 0.15) is 20.3 Å². The van der Waals surface area contributed by atoms with Gasteiger partial charge in [-0.15, -0.1) is 0 Å². The Balaban J connectivity index is 3.60. The van der Waals surface area contributed by atoms with Crippen molar-refractivity contribution in [2.45, 2.75) is 20.3 Å². The first-order valence-electron chi connectivity index (χ1n) is 7.38. The van der Waals surface area contributed by atoms with E-state index in [1.54, 1.807) is 14.2 Å². The molecule has 0 aliphatic heterocycles. The molecule has 21 heavy (non-hydrogen) atoms. The van der Waals surface area contributed by atoms with Crippen molar-refractivity contribution in [2.24, 2.45) is 10.9 Å². The van der Waals surface area contributed by atoms with Crippen LogP contribution >= 0.6 is 0 Å². The molecule has 0 radical (unpaired) electrons. The third kappa shape index (κ3) is 13.4. The third-order valence-corrected chi connectivity index (χ3v) is 2.48. The minimum absolute atomic E-state index is 0.0877. The summed E-state index contributed by atoms with van der Waals surface area (Å²) in [5, 5.41) is 8.81. The molecule has 0 fully saturated rings. The summed E-state index contributed by atoms with van der Waals surface area (Å²) in [6.07, 6.45) is 0.896. The van der Waals surface area contributed by atoms with E-state index in [1.165, 1.54) is 0 Å². The molecule has 0 spiro atoms. The minimum atomic E-state index is -0.0877. The molecule has 3 N–H and O–H groups in total. The van der Waals surface area contributed by atoms with Gasteiger partial charge in [-0.05, 0) is 12.3 Å². The van der Waals surface area contributed by atoms with Gasteiger partial charge >= 0.3 is 0 Å². The molecular formula is C14H30N4O3. The van der Waals surface area contributed by atoms with Crippen LogP contribution in [-0.2, 0) is 14.3 Å². The quantitative estimate of drug-likeness (QED) is 0.284. The highest BCUT2D eigenvalue weighted by molar-refractivity contribution is 5.86. The Kier molecular flexibility index (Phi) is 12.8. The fourth-order valence-corrected chi connectivity index (χ4v) is 1.44. The van der Waals surface area contributed by atoms with Gasteiger partial charge in [-0.3, -0.25) is 9.79 Å². The average Bonchev–Trinajstić information content (AvgIpc) is 2.45. The second-order valence-electron chi connectivity index (χ2n) is 5.02. The normalized spacial score (nSPS) is 11.6. The number of methoxy groups -OCH3 is 1. The average molecular weight is 302 g/mol. The molecule has 7 nitrogen and oxygen atoms in total. The van der Waals surface area contributed by atoms with Crippen molar-refractivity contribution in [3.8, 4) is 0 Å². The van der Waals surface area contributed by atoms with E-state index in [2.05, 4.69) is 34.8 Å². The van der Waals surface area contributed by atoms with Gasteiger partial charge in [0.15, 0.2) is 5.96 Å². The van der Waals surface area contributed by atoms with E-state index in [9.17, 15) is 4.79 Å². The number of carbonyl (C=O) groups is 1. The predicted octanol–water partition coefficient (Wildman–Crippen LogP) is -0.0233. The number of carbonyl (C=O) groups excluding carboxylic acids is 1. The summed E-state index contributed by atoms with van der Waals surface area (Å²) < 4.78 is 10.3. The highest BCUT2D eigenvalue weighted by Crippen LogP contribution is 1.92. The van der Waals surface area contributed by atoms with Gasteiger partial charge in [0.1, 0.15) is 0 Å². The molecule has 0 unspecified atom stereocenters. The lowest BCUT2D eigenvalue weighted by atomic mass is 10.2. The maximum Gasteiger partial charge on any atom is 0.239 e. The summed E-state index contributed by atoms with van der Waals surface area (Å²) in [5.74, 6) is 1.08. The summed E-state index contributed by atoms with van der Waals surface area (Å²) in [4.78, 5) is 15.5. The van der Waals surface area contributed by atoms with E-state index >= 15 is 0 Å². The Labute approximate surface area is 127 Å². The molecular weight excluding hydrogens is 272 g/mol. The van der Waals surface area contributed by atoms with Gasteiger partial charge in [-0.25, -0.2) is 0 Å². The van der Waals surface area contributed by atoms with E-state index in [-0.39, 0.29) is 12.5 Å². The molecule has 0 aliphatic rings. The van der Waals surface area contributed by atoms with Gasteiger partial charge in [0.25, 0.3) is 0 Å². The summed E-state index contributed by atoms with van der Waals surface area (Å²) in [7, 11) is 3.27. The fourth-order valence-electron chi connectivity index (χ4n) is 1.44. The number of amides is 1. The number of aliphatic imine (C=N–C) groups is 1. The maximum absolute atomic E-state index is 11.5. The van der Waals surface area contributed by atoms with Crippen LogP contribution in [0.3, 0.4) is 0 Å². The lowest BCUT2D eigenvalue weighted by Crippen LogP contribution is -2.44. The monoisotopic (exact) mass is 302 g/mol. The number of guanidine groups is 1. The zero-order valence-corrected chi connectivity index (χ0v) is 13.7. The summed E-state index contributed by atoms with van der Waals surface area (Å²) in [6, 6.07) is 0. The van der Waals surface area contributed by atoms with Gasteiger partial charge in [0, 0.05) is 40.5 Å². The molecule has 0 aromatic rings. The Hall–Kier alpha value is -1.34. The highest BCUT2D eigenvalue weighted by Gasteiger charge is 2.02. The molecule has 0 bridgehead atoms. The molecule has 0 atom stereocenters. The number of hydrogen-bond donors (Lipinski definition) is 3. The SMILES string of the molecule is CN=C(NCCCOCC(C)C)NCC(=O)NCCOC. The van der Waals surface area contributed by atoms with Crippen molar-refractivity contribution in [3.05, 3.63) is 0 Å². The van der Waals surface area contributed by atoms with Gasteiger partial charge in [-0.2, -0.15) is 0 Å². The maximum atomic E-state index is 11.5. The Morgan fingerprint density at radius 3 is 2.52 bits per heavy atom. The minimum Gasteiger partial charge on any atom is -0.383 e. The molecule has 7 heteroatoms. The van der Waals surface area contributed by atoms with Crippen LogP contribution in [-0.4, -0.2) is 65.5 Å². The molecule has 0 saturated heterocycles. The van der Waals surface area contributed by atoms with Crippen LogP contribution < -0.4 is 16.0 Å². The lowest BCUT2D eigenvalue weighted by molar-refractivity contribution is -0.120. The zero-order valence-electron chi connectivity index (χ0n) is 13.7. The molecule has 1 amide bonds. The predicted molar refractivity (Wildman–Crippen MR) is 84.5 cm³/mol. The van der Waals surface area contributed by atoms with Crippen molar-refractivity contribution in [2.75, 3.05) is 53.6 Å². The molecule has 0 aromatic heterocycles. The summed E-state index contributed by atoms with van der Waals surface area (Å²) in [6.45, 7) is 7.72. The molecule has 0 saturated carbocycles. The van der Waals surface area contributed by atoms with E-state index in [1.807, 2.05) is 0 Å². The van der Waals surface area contributed by atoms with Gasteiger partial charge < -0.3 is 25.4 Å². The highest BCUT2D eigenvalue weighted by atomic mass is 16.5. The largest absolute Gasteiger partial charge is 0.383 e. The van der Waals surface area contributed by atoms with Crippen molar-refractivity contribution < 1.29 is 14.3 Å². The Morgan fingerprint density at radius 2 is 1.90 bits per heavy atom. The third-order valence-electron chi connectivity index (χ3n) is 2.48. The second-order valence-corrected chi connectivity index (χ2v) is 5.02. The first kappa shape index (κ1) is 19.7. The first-order chi connectivity index (χ1) is 10.1. The van der Waals surface area contributed by atoms with Crippen LogP contribution in [0.5, 0.6) is 0 Å². The molecule has 0 aliphatic carbocycles. The van der Waals surface area contributed by atoms with Crippen LogP contribution in [0, 0.1) is 5.92 Å². The molecule has 0 aromatic carbocycles. The fraction of sp³-hybridized carbons (Fsp3) is 0.857. The summed E-state index contributed by atoms with van der Waals surface area (Å²) >= 11 is 0. The topological polar surface area (TPSA) is 84.0 Å². The van der Waals surface area contributed by atoms with E-state index < -0.39 is 0 Å². The lowest BCUT2D eigenvalue weighted by Gasteiger charge is -2.12. The van der Waals surface area contributed by atoms with Gasteiger partial charge in [0.2, 0.25) is 5.91 Å². The summed E-state index contributed by atoms with van der Waals surface area (Å²) in [5.41, 5.74) is 0. The smallest absolute Gasteiger partial charge is 0.239 e. The van der Waals surface area contributed by atoms with Crippen molar-refractivity contribution in [1.82, 2.24) is 16.0 Å². The van der Waals surface area contributed by atoms with Crippen LogP contribution in [0.4, 0.5) is 0 Å². The molecule has 0 rings (SSSR count). The number of hydrogen-bond acceptors (Lipinski definition) is 4.